The van der Waals surface area contributed by atoms with Crippen molar-refractivity contribution in [2.45, 2.75) is 39.7 Å². The van der Waals surface area contributed by atoms with Crippen LogP contribution in [0.5, 0.6) is 11.5 Å². The fourth-order valence-corrected chi connectivity index (χ4v) is 3.61. The first-order valence-corrected chi connectivity index (χ1v) is 11.6. The largest absolute Gasteiger partial charge is 0.490 e. The maximum Gasteiger partial charge on any atom is 0.253 e. The van der Waals surface area contributed by atoms with Crippen LogP contribution in [0.25, 0.3) is 0 Å². The number of nitrogens with one attached hydrogen (secondary N) is 2. The number of carbonyl (C=O) groups is 2. The number of anilines is 1. The number of amides is 2. The van der Waals surface area contributed by atoms with E-state index in [9.17, 15) is 9.59 Å². The first-order valence-electron chi connectivity index (χ1n) is 11.6. The van der Waals surface area contributed by atoms with Crippen molar-refractivity contribution in [2.75, 3.05) is 18.5 Å². The number of hydrogen-bond acceptors (Lipinski definition) is 4. The molecule has 0 aliphatic carbocycles. The quantitative estimate of drug-likeness (QED) is 0.394. The molecule has 178 valence electrons. The molecule has 34 heavy (non-hydrogen) atoms. The van der Waals surface area contributed by atoms with Crippen LogP contribution in [0.2, 0.25) is 0 Å². The minimum atomic E-state index is -0.236. The molecule has 0 fully saturated rings. The third-order valence-electron chi connectivity index (χ3n) is 5.34. The van der Waals surface area contributed by atoms with Crippen molar-refractivity contribution in [3.63, 3.8) is 0 Å². The molecule has 0 heterocycles. The van der Waals surface area contributed by atoms with E-state index in [2.05, 4.69) is 10.6 Å². The van der Waals surface area contributed by atoms with Gasteiger partial charge in [-0.15, -0.1) is 0 Å². The first kappa shape index (κ1) is 24.8. The minimum Gasteiger partial charge on any atom is -0.490 e. The SMILES string of the molecule is CCOc1ccc(CCC(=O)Nc2ccccc2C(=O)N[C@@H](C)c2ccccc2)cc1OCC. The van der Waals surface area contributed by atoms with E-state index >= 15 is 0 Å². The van der Waals surface area contributed by atoms with Crippen molar-refractivity contribution in [3.8, 4) is 11.5 Å². The summed E-state index contributed by atoms with van der Waals surface area (Å²) in [5.74, 6) is 0.974. The predicted octanol–water partition coefficient (Wildman–Crippen LogP) is 5.55. The highest BCUT2D eigenvalue weighted by Crippen LogP contribution is 2.29. The van der Waals surface area contributed by atoms with Crippen LogP contribution >= 0.6 is 0 Å². The van der Waals surface area contributed by atoms with Gasteiger partial charge in [-0.05, 0) is 62.6 Å². The van der Waals surface area contributed by atoms with Crippen molar-refractivity contribution >= 4 is 17.5 Å². The number of rotatable bonds is 11. The lowest BCUT2D eigenvalue weighted by Gasteiger charge is -2.16. The molecule has 0 aliphatic heterocycles. The molecule has 0 radical (unpaired) electrons. The molecule has 0 saturated carbocycles. The molecule has 0 aromatic heterocycles. The Morgan fingerprint density at radius 3 is 2.26 bits per heavy atom. The predicted molar refractivity (Wildman–Crippen MR) is 134 cm³/mol. The molecule has 3 rings (SSSR count). The Kier molecular flexibility index (Phi) is 9.09. The van der Waals surface area contributed by atoms with E-state index in [1.165, 1.54) is 0 Å². The molecule has 0 saturated heterocycles. The van der Waals surface area contributed by atoms with Crippen LogP contribution in [0.1, 0.15) is 54.7 Å². The van der Waals surface area contributed by atoms with Crippen molar-refractivity contribution in [3.05, 3.63) is 89.5 Å². The van der Waals surface area contributed by atoms with Crippen molar-refractivity contribution in [1.82, 2.24) is 5.32 Å². The average Bonchev–Trinajstić information content (AvgIpc) is 2.85. The number of aryl methyl sites for hydroxylation is 1. The van der Waals surface area contributed by atoms with E-state index in [0.717, 1.165) is 11.1 Å². The molecule has 0 unspecified atom stereocenters. The molecule has 0 bridgehead atoms. The van der Waals surface area contributed by atoms with Crippen molar-refractivity contribution < 1.29 is 19.1 Å². The van der Waals surface area contributed by atoms with Crippen molar-refractivity contribution in [2.24, 2.45) is 0 Å². The van der Waals surface area contributed by atoms with Gasteiger partial charge in [0, 0.05) is 6.42 Å². The van der Waals surface area contributed by atoms with Gasteiger partial charge in [0.05, 0.1) is 30.5 Å². The van der Waals surface area contributed by atoms with Gasteiger partial charge in [0.15, 0.2) is 11.5 Å². The Bertz CT molecular complexity index is 1100. The number of carbonyl (C=O) groups excluding carboxylic acids is 2. The fourth-order valence-electron chi connectivity index (χ4n) is 3.61. The van der Waals surface area contributed by atoms with Gasteiger partial charge in [0.2, 0.25) is 5.91 Å². The molecule has 2 N–H and O–H groups in total. The minimum absolute atomic E-state index is 0.156. The topological polar surface area (TPSA) is 76.7 Å². The van der Waals surface area contributed by atoms with Crippen LogP contribution < -0.4 is 20.1 Å². The monoisotopic (exact) mass is 460 g/mol. The van der Waals surface area contributed by atoms with E-state index in [1.54, 1.807) is 24.3 Å². The Morgan fingerprint density at radius 1 is 0.853 bits per heavy atom. The highest BCUT2D eigenvalue weighted by molar-refractivity contribution is 6.03. The lowest BCUT2D eigenvalue weighted by Crippen LogP contribution is -2.28. The Morgan fingerprint density at radius 2 is 1.53 bits per heavy atom. The zero-order valence-electron chi connectivity index (χ0n) is 20.0. The second-order valence-corrected chi connectivity index (χ2v) is 7.85. The van der Waals surface area contributed by atoms with Gasteiger partial charge in [-0.3, -0.25) is 9.59 Å². The van der Waals surface area contributed by atoms with Gasteiger partial charge in [-0.2, -0.15) is 0 Å². The summed E-state index contributed by atoms with van der Waals surface area (Å²) in [6.07, 6.45) is 0.813. The van der Waals surface area contributed by atoms with Gasteiger partial charge < -0.3 is 20.1 Å². The van der Waals surface area contributed by atoms with E-state index < -0.39 is 0 Å². The van der Waals surface area contributed by atoms with Crippen LogP contribution in [0.15, 0.2) is 72.8 Å². The van der Waals surface area contributed by atoms with E-state index in [-0.39, 0.29) is 24.3 Å². The average molecular weight is 461 g/mol. The molecule has 0 spiro atoms. The normalized spacial score (nSPS) is 11.4. The van der Waals surface area contributed by atoms with E-state index in [0.29, 0.717) is 42.4 Å². The van der Waals surface area contributed by atoms with Crippen LogP contribution in [0.4, 0.5) is 5.69 Å². The summed E-state index contributed by atoms with van der Waals surface area (Å²) in [5.41, 5.74) is 2.91. The molecular weight excluding hydrogens is 428 g/mol. The molecule has 6 nitrogen and oxygen atoms in total. The zero-order valence-corrected chi connectivity index (χ0v) is 20.0. The van der Waals surface area contributed by atoms with Gasteiger partial charge in [-0.25, -0.2) is 0 Å². The van der Waals surface area contributed by atoms with Crippen LogP contribution in [-0.2, 0) is 11.2 Å². The highest BCUT2D eigenvalue weighted by Gasteiger charge is 2.16. The third-order valence-corrected chi connectivity index (χ3v) is 5.34. The second kappa shape index (κ2) is 12.4. The van der Waals surface area contributed by atoms with Crippen LogP contribution in [0, 0.1) is 0 Å². The second-order valence-electron chi connectivity index (χ2n) is 7.85. The first-order chi connectivity index (χ1) is 16.5. The van der Waals surface area contributed by atoms with Gasteiger partial charge >= 0.3 is 0 Å². The lowest BCUT2D eigenvalue weighted by atomic mass is 10.1. The standard InChI is InChI=1S/C28H32N2O4/c1-4-33-25-17-15-21(19-26(25)34-5-2)16-18-27(31)30-24-14-10-9-13-23(24)28(32)29-20(3)22-11-7-6-8-12-22/h6-15,17,19-20H,4-5,16,18H2,1-3H3,(H,29,32)(H,30,31)/t20-/m0/s1. The maximum absolute atomic E-state index is 12.9. The molecule has 3 aromatic carbocycles. The maximum atomic E-state index is 12.9. The summed E-state index contributed by atoms with van der Waals surface area (Å²) in [7, 11) is 0. The molecule has 3 aromatic rings. The molecule has 2 amide bonds. The van der Waals surface area contributed by atoms with Gasteiger partial charge in [-0.1, -0.05) is 48.5 Å². The van der Waals surface area contributed by atoms with Gasteiger partial charge in [0.25, 0.3) is 5.91 Å². The molecule has 1 atom stereocenters. The smallest absolute Gasteiger partial charge is 0.253 e. The number of benzene rings is 3. The zero-order chi connectivity index (χ0) is 24.3. The van der Waals surface area contributed by atoms with Gasteiger partial charge in [0.1, 0.15) is 0 Å². The Hall–Kier alpha value is -3.80. The molecule has 6 heteroatoms. The lowest BCUT2D eigenvalue weighted by molar-refractivity contribution is -0.116. The van der Waals surface area contributed by atoms with E-state index in [1.807, 2.05) is 69.3 Å². The van der Waals surface area contributed by atoms with Crippen LogP contribution in [0.3, 0.4) is 0 Å². The summed E-state index contributed by atoms with van der Waals surface area (Å²) in [6.45, 7) is 6.87. The summed E-state index contributed by atoms with van der Waals surface area (Å²) < 4.78 is 11.3. The number of ether oxygens (including phenoxy) is 2. The summed E-state index contributed by atoms with van der Waals surface area (Å²) in [4.78, 5) is 25.6. The molecular formula is C28H32N2O4. The molecule has 0 aliphatic rings. The Labute approximate surface area is 201 Å². The summed E-state index contributed by atoms with van der Waals surface area (Å²) in [5, 5.41) is 5.89. The third kappa shape index (κ3) is 6.85. The Balaban J connectivity index is 1.62. The number of hydrogen-bond donors (Lipinski definition) is 2. The van der Waals surface area contributed by atoms with Crippen LogP contribution in [-0.4, -0.2) is 25.0 Å². The summed E-state index contributed by atoms with van der Waals surface area (Å²) >= 11 is 0. The summed E-state index contributed by atoms with van der Waals surface area (Å²) in [6, 6.07) is 22.4. The van der Waals surface area contributed by atoms with Crippen molar-refractivity contribution in [1.29, 1.82) is 0 Å². The number of para-hydroxylation sites is 1. The highest BCUT2D eigenvalue weighted by atomic mass is 16.5. The van der Waals surface area contributed by atoms with E-state index in [4.69, 9.17) is 9.47 Å². The fraction of sp³-hybridized carbons (Fsp3) is 0.286.